The fraction of sp³-hybridized carbons (Fsp3) is 0.273. The van der Waals surface area contributed by atoms with Crippen molar-refractivity contribution < 1.29 is 27.8 Å². The summed E-state index contributed by atoms with van der Waals surface area (Å²) >= 11 is 0. The second kappa shape index (κ2) is 4.96. The average Bonchev–Trinajstić information content (AvgIpc) is 2.25. The lowest BCUT2D eigenvalue weighted by Crippen LogP contribution is -2.19. The number of nitriles is 1. The molecule has 0 radical (unpaired) electrons. The van der Waals surface area contributed by atoms with Gasteiger partial charge in [-0.1, -0.05) is 6.92 Å². The lowest BCUT2D eigenvalue weighted by atomic mass is 10.0. The van der Waals surface area contributed by atoms with Crippen molar-refractivity contribution in [3.05, 3.63) is 28.8 Å². The topological polar surface area (TPSA) is 70.3 Å². The van der Waals surface area contributed by atoms with Crippen molar-refractivity contribution in [2.45, 2.75) is 19.7 Å². The molecule has 0 fully saturated rings. The van der Waals surface area contributed by atoms with E-state index in [-0.39, 0.29) is 17.5 Å². The number of carbonyl (C=O) groups is 1. The van der Waals surface area contributed by atoms with Crippen molar-refractivity contribution in [2.24, 2.45) is 0 Å². The Balaban J connectivity index is 3.42. The van der Waals surface area contributed by atoms with Crippen LogP contribution in [0.2, 0.25) is 0 Å². The van der Waals surface area contributed by atoms with E-state index < -0.39 is 23.6 Å². The van der Waals surface area contributed by atoms with Crippen LogP contribution in [0.3, 0.4) is 0 Å². The number of alkyl halides is 3. The first-order valence-corrected chi connectivity index (χ1v) is 4.84. The van der Waals surface area contributed by atoms with Gasteiger partial charge in [0, 0.05) is 5.56 Å². The highest BCUT2D eigenvalue weighted by Gasteiger charge is 2.33. The molecule has 0 aliphatic heterocycles. The zero-order valence-corrected chi connectivity index (χ0v) is 9.21. The van der Waals surface area contributed by atoms with Gasteiger partial charge < -0.3 is 9.84 Å². The molecule has 1 aromatic carbocycles. The maximum absolute atomic E-state index is 12.2. The molecule has 0 atom stereocenters. The molecule has 0 bridgehead atoms. The van der Waals surface area contributed by atoms with E-state index in [9.17, 15) is 18.0 Å². The van der Waals surface area contributed by atoms with Crippen molar-refractivity contribution in [3.63, 3.8) is 0 Å². The molecule has 0 heterocycles. The quantitative estimate of drug-likeness (QED) is 0.905. The van der Waals surface area contributed by atoms with E-state index in [0.29, 0.717) is 0 Å². The van der Waals surface area contributed by atoms with Crippen molar-refractivity contribution in [3.8, 4) is 11.8 Å². The van der Waals surface area contributed by atoms with E-state index in [0.717, 1.165) is 12.1 Å². The monoisotopic (exact) mass is 259 g/mol. The van der Waals surface area contributed by atoms with Crippen LogP contribution in [0, 0.1) is 11.3 Å². The molecule has 0 amide bonds. The Morgan fingerprint density at radius 2 is 2.11 bits per heavy atom. The Labute approximate surface area is 100 Å². The van der Waals surface area contributed by atoms with Crippen LogP contribution in [0.1, 0.15) is 28.4 Å². The van der Waals surface area contributed by atoms with E-state index in [1.165, 1.54) is 0 Å². The predicted octanol–water partition coefficient (Wildman–Crippen LogP) is 2.72. The van der Waals surface area contributed by atoms with E-state index in [1.54, 1.807) is 13.0 Å². The lowest BCUT2D eigenvalue weighted by molar-refractivity contribution is -0.274. The molecule has 0 saturated carbocycles. The average molecular weight is 259 g/mol. The van der Waals surface area contributed by atoms with Gasteiger partial charge in [0.15, 0.2) is 0 Å². The fourth-order valence-electron chi connectivity index (χ4n) is 1.45. The van der Waals surface area contributed by atoms with E-state index >= 15 is 0 Å². The number of halogens is 3. The Bertz CT molecular complexity index is 517. The van der Waals surface area contributed by atoms with Crippen LogP contribution in [0.15, 0.2) is 12.1 Å². The van der Waals surface area contributed by atoms with Gasteiger partial charge in [0.2, 0.25) is 0 Å². The number of hydrogen-bond donors (Lipinski definition) is 1. The smallest absolute Gasteiger partial charge is 0.478 e. The summed E-state index contributed by atoms with van der Waals surface area (Å²) in [6.07, 6.45) is -4.82. The van der Waals surface area contributed by atoms with Gasteiger partial charge in [0.25, 0.3) is 0 Å². The van der Waals surface area contributed by atoms with Crippen LogP contribution in [0.25, 0.3) is 0 Å². The normalized spacial score (nSPS) is 10.8. The number of carboxylic acid groups (broad SMARTS) is 1. The molecule has 0 aliphatic rings. The number of carboxylic acids is 1. The molecular formula is C11H8F3NO3. The summed E-state index contributed by atoms with van der Waals surface area (Å²) in [4.78, 5) is 10.7. The van der Waals surface area contributed by atoms with E-state index in [1.807, 2.05) is 0 Å². The SMILES string of the molecule is CCc1c(C#N)cc(C(=O)O)cc1OC(F)(F)F. The summed E-state index contributed by atoms with van der Waals surface area (Å²) in [6, 6.07) is 3.43. The summed E-state index contributed by atoms with van der Waals surface area (Å²) < 4.78 is 40.3. The van der Waals surface area contributed by atoms with Gasteiger partial charge in [-0.2, -0.15) is 5.26 Å². The molecule has 0 aromatic heterocycles. The van der Waals surface area contributed by atoms with Crippen molar-refractivity contribution in [2.75, 3.05) is 0 Å². The van der Waals surface area contributed by atoms with Gasteiger partial charge in [0.05, 0.1) is 17.2 Å². The molecule has 18 heavy (non-hydrogen) atoms. The Morgan fingerprint density at radius 1 is 1.50 bits per heavy atom. The minimum atomic E-state index is -4.94. The largest absolute Gasteiger partial charge is 0.573 e. The van der Waals surface area contributed by atoms with Crippen molar-refractivity contribution in [1.82, 2.24) is 0 Å². The maximum Gasteiger partial charge on any atom is 0.573 e. The van der Waals surface area contributed by atoms with Crippen molar-refractivity contribution in [1.29, 1.82) is 5.26 Å². The molecule has 0 saturated heterocycles. The van der Waals surface area contributed by atoms with E-state index in [4.69, 9.17) is 10.4 Å². The van der Waals surface area contributed by atoms with Gasteiger partial charge in [0.1, 0.15) is 5.75 Å². The number of rotatable bonds is 3. The minimum absolute atomic E-state index is 0.0276. The highest BCUT2D eigenvalue weighted by molar-refractivity contribution is 5.89. The summed E-state index contributed by atoms with van der Waals surface area (Å²) in [7, 11) is 0. The second-order valence-corrected chi connectivity index (χ2v) is 3.32. The molecule has 1 aromatic rings. The van der Waals surface area contributed by atoms with Crippen LogP contribution in [0.4, 0.5) is 13.2 Å². The molecule has 7 heteroatoms. The summed E-state index contributed by atoms with van der Waals surface area (Å²) in [5.74, 6) is -2.08. The van der Waals surface area contributed by atoms with Crippen molar-refractivity contribution >= 4 is 5.97 Å². The van der Waals surface area contributed by atoms with Gasteiger partial charge in [-0.15, -0.1) is 13.2 Å². The zero-order chi connectivity index (χ0) is 13.9. The van der Waals surface area contributed by atoms with Gasteiger partial charge in [-0.05, 0) is 18.6 Å². The first-order valence-electron chi connectivity index (χ1n) is 4.84. The van der Waals surface area contributed by atoms with Crippen LogP contribution >= 0.6 is 0 Å². The Morgan fingerprint density at radius 3 is 2.50 bits per heavy atom. The third-order valence-electron chi connectivity index (χ3n) is 2.16. The number of hydrogen-bond acceptors (Lipinski definition) is 3. The Hall–Kier alpha value is -2.23. The predicted molar refractivity (Wildman–Crippen MR) is 54.2 cm³/mol. The third kappa shape index (κ3) is 3.13. The summed E-state index contributed by atoms with van der Waals surface area (Å²) in [5.41, 5.74) is -0.542. The first kappa shape index (κ1) is 13.8. The molecule has 0 spiro atoms. The molecule has 0 unspecified atom stereocenters. The molecule has 4 nitrogen and oxygen atoms in total. The maximum atomic E-state index is 12.2. The lowest BCUT2D eigenvalue weighted by Gasteiger charge is -2.14. The fourth-order valence-corrected chi connectivity index (χ4v) is 1.45. The molecule has 1 rings (SSSR count). The van der Waals surface area contributed by atoms with E-state index in [2.05, 4.69) is 4.74 Å². The van der Waals surface area contributed by atoms with Crippen LogP contribution in [0.5, 0.6) is 5.75 Å². The number of nitrogens with zero attached hydrogens (tertiary/aromatic N) is 1. The summed E-state index contributed by atoms with van der Waals surface area (Å²) in [6.45, 7) is 1.54. The highest BCUT2D eigenvalue weighted by Crippen LogP contribution is 2.30. The zero-order valence-electron chi connectivity index (χ0n) is 9.21. The van der Waals surface area contributed by atoms with Gasteiger partial charge in [-0.3, -0.25) is 0 Å². The highest BCUT2D eigenvalue weighted by atomic mass is 19.4. The summed E-state index contributed by atoms with van der Waals surface area (Å²) in [5, 5.41) is 17.5. The van der Waals surface area contributed by atoms with Gasteiger partial charge >= 0.3 is 12.3 Å². The van der Waals surface area contributed by atoms with Crippen LogP contribution in [-0.4, -0.2) is 17.4 Å². The minimum Gasteiger partial charge on any atom is -0.478 e. The number of benzene rings is 1. The second-order valence-electron chi connectivity index (χ2n) is 3.32. The first-order chi connectivity index (χ1) is 8.28. The van der Waals surface area contributed by atoms with Crippen LogP contribution in [-0.2, 0) is 6.42 Å². The number of ether oxygens (including phenoxy) is 1. The molecule has 1 N–H and O–H groups in total. The van der Waals surface area contributed by atoms with Gasteiger partial charge in [-0.25, -0.2) is 4.79 Å². The molecular weight excluding hydrogens is 251 g/mol. The third-order valence-corrected chi connectivity index (χ3v) is 2.16. The standard InChI is InChI=1S/C11H8F3NO3/c1-2-8-7(5-15)3-6(10(16)17)4-9(8)18-11(12,13)14/h3-4H,2H2,1H3,(H,16,17). The Kier molecular flexibility index (Phi) is 3.81. The number of aromatic carboxylic acids is 1. The molecule has 0 aliphatic carbocycles. The van der Waals surface area contributed by atoms with Crippen LogP contribution < -0.4 is 4.74 Å². The molecule has 96 valence electrons.